The Hall–Kier alpha value is -1.56. The minimum atomic E-state index is -4.38. The second-order valence-electron chi connectivity index (χ2n) is 6.50. The minimum absolute atomic E-state index is 0.0851. The lowest BCUT2D eigenvalue weighted by Crippen LogP contribution is -2.35. The molecule has 1 aliphatic heterocycles. The fourth-order valence-corrected chi connectivity index (χ4v) is 2.85. The first-order chi connectivity index (χ1) is 10.8. The number of halogens is 3. The molecule has 1 aliphatic rings. The van der Waals surface area contributed by atoms with E-state index in [-0.39, 0.29) is 17.7 Å². The van der Waals surface area contributed by atoms with Crippen molar-refractivity contribution in [2.45, 2.75) is 38.9 Å². The average Bonchev–Trinajstić information content (AvgIpc) is 2.99. The van der Waals surface area contributed by atoms with E-state index in [1.807, 2.05) is 13.8 Å². The summed E-state index contributed by atoms with van der Waals surface area (Å²) in [7, 11) is 0. The van der Waals surface area contributed by atoms with Crippen LogP contribution in [0.3, 0.4) is 0 Å². The summed E-state index contributed by atoms with van der Waals surface area (Å²) in [5.74, 6) is 0.0741. The first-order valence-electron chi connectivity index (χ1n) is 7.95. The highest BCUT2D eigenvalue weighted by Gasteiger charge is 2.31. The van der Waals surface area contributed by atoms with Gasteiger partial charge in [-0.25, -0.2) is 0 Å². The Morgan fingerprint density at radius 2 is 2.13 bits per heavy atom. The molecule has 128 valence electrons. The molecule has 0 spiro atoms. The van der Waals surface area contributed by atoms with E-state index in [0.717, 1.165) is 25.1 Å². The summed E-state index contributed by atoms with van der Waals surface area (Å²) >= 11 is 0. The van der Waals surface area contributed by atoms with E-state index in [0.29, 0.717) is 18.5 Å². The fraction of sp³-hybridized carbons (Fsp3) is 0.588. The Bertz CT molecular complexity index is 537. The molecule has 1 aromatic carbocycles. The third-order valence-electron chi connectivity index (χ3n) is 4.07. The first-order valence-corrected chi connectivity index (χ1v) is 7.95. The Balaban J connectivity index is 2.19. The molecule has 2 atom stereocenters. The third kappa shape index (κ3) is 4.96. The van der Waals surface area contributed by atoms with Crippen molar-refractivity contribution < 1.29 is 18.0 Å². The van der Waals surface area contributed by atoms with Crippen molar-refractivity contribution in [1.29, 1.82) is 0 Å². The van der Waals surface area contributed by atoms with Crippen LogP contribution in [0.1, 0.15) is 43.9 Å². The second-order valence-corrected chi connectivity index (χ2v) is 6.50. The van der Waals surface area contributed by atoms with Gasteiger partial charge in [0, 0.05) is 6.54 Å². The number of hydrogen-bond donors (Lipinski definition) is 2. The summed E-state index contributed by atoms with van der Waals surface area (Å²) in [6.45, 7) is 5.41. The van der Waals surface area contributed by atoms with Crippen LogP contribution in [0.5, 0.6) is 0 Å². The topological polar surface area (TPSA) is 41.1 Å². The molecule has 2 unspecified atom stereocenters. The van der Waals surface area contributed by atoms with Crippen molar-refractivity contribution in [3.05, 3.63) is 35.4 Å². The van der Waals surface area contributed by atoms with Gasteiger partial charge >= 0.3 is 6.18 Å². The Labute approximate surface area is 134 Å². The van der Waals surface area contributed by atoms with Crippen LogP contribution in [0.15, 0.2) is 24.3 Å². The lowest BCUT2D eigenvalue weighted by Gasteiger charge is -2.23. The highest BCUT2D eigenvalue weighted by Crippen LogP contribution is 2.32. The lowest BCUT2D eigenvalue weighted by atomic mass is 9.94. The van der Waals surface area contributed by atoms with Gasteiger partial charge in [0.25, 0.3) is 0 Å². The fourth-order valence-electron chi connectivity index (χ4n) is 2.85. The molecular formula is C17H23F3N2O. The maximum absolute atomic E-state index is 12.9. The van der Waals surface area contributed by atoms with Crippen molar-refractivity contribution in [3.8, 4) is 0 Å². The Morgan fingerprint density at radius 1 is 1.39 bits per heavy atom. The van der Waals surface area contributed by atoms with Gasteiger partial charge in [-0.1, -0.05) is 26.0 Å². The summed E-state index contributed by atoms with van der Waals surface area (Å²) < 4.78 is 38.7. The summed E-state index contributed by atoms with van der Waals surface area (Å²) in [5, 5.41) is 6.07. The second kappa shape index (κ2) is 7.34. The molecule has 0 saturated carbocycles. The van der Waals surface area contributed by atoms with Crippen LogP contribution in [-0.2, 0) is 11.0 Å². The lowest BCUT2D eigenvalue weighted by molar-refractivity contribution is -0.137. The van der Waals surface area contributed by atoms with Gasteiger partial charge in [-0.15, -0.1) is 0 Å². The number of benzene rings is 1. The number of rotatable bonds is 5. The van der Waals surface area contributed by atoms with E-state index in [1.54, 1.807) is 6.07 Å². The number of alkyl halides is 3. The Kier molecular flexibility index (Phi) is 5.68. The van der Waals surface area contributed by atoms with Gasteiger partial charge in [-0.3, -0.25) is 4.79 Å². The highest BCUT2D eigenvalue weighted by atomic mass is 19.4. The van der Waals surface area contributed by atoms with E-state index in [1.165, 1.54) is 6.07 Å². The number of carbonyl (C=O) groups is 1. The predicted molar refractivity (Wildman–Crippen MR) is 82.8 cm³/mol. The maximum Gasteiger partial charge on any atom is 0.416 e. The summed E-state index contributed by atoms with van der Waals surface area (Å²) in [5.41, 5.74) is -0.173. The van der Waals surface area contributed by atoms with Crippen molar-refractivity contribution in [3.63, 3.8) is 0 Å². The Morgan fingerprint density at radius 3 is 2.70 bits per heavy atom. The molecule has 0 aromatic heterocycles. The molecule has 0 aliphatic carbocycles. The van der Waals surface area contributed by atoms with Gasteiger partial charge in [0.1, 0.15) is 0 Å². The van der Waals surface area contributed by atoms with Gasteiger partial charge in [0.2, 0.25) is 5.91 Å². The molecule has 0 bridgehead atoms. The zero-order valence-electron chi connectivity index (χ0n) is 13.4. The number of carbonyl (C=O) groups excluding carboxylic acids is 1. The van der Waals surface area contributed by atoms with Gasteiger partial charge in [-0.2, -0.15) is 13.2 Å². The molecule has 6 heteroatoms. The molecular weight excluding hydrogens is 305 g/mol. The SMILES string of the molecule is CC(C)CC(NC(=O)C1CCNC1)c1cccc(C(F)(F)F)c1. The van der Waals surface area contributed by atoms with Gasteiger partial charge < -0.3 is 10.6 Å². The maximum atomic E-state index is 12.9. The number of nitrogens with one attached hydrogen (secondary N) is 2. The van der Waals surface area contributed by atoms with Crippen LogP contribution >= 0.6 is 0 Å². The summed E-state index contributed by atoms with van der Waals surface area (Å²) in [4.78, 5) is 12.3. The van der Waals surface area contributed by atoms with Crippen molar-refractivity contribution in [1.82, 2.24) is 10.6 Å². The van der Waals surface area contributed by atoms with E-state index >= 15 is 0 Å². The van der Waals surface area contributed by atoms with Crippen LogP contribution in [0.4, 0.5) is 13.2 Å². The molecule has 23 heavy (non-hydrogen) atoms. The van der Waals surface area contributed by atoms with E-state index in [2.05, 4.69) is 10.6 Å². The zero-order chi connectivity index (χ0) is 17.0. The van der Waals surface area contributed by atoms with Crippen molar-refractivity contribution >= 4 is 5.91 Å². The quantitative estimate of drug-likeness (QED) is 0.868. The smallest absolute Gasteiger partial charge is 0.349 e. The molecule has 1 amide bonds. The average molecular weight is 328 g/mol. The molecule has 1 fully saturated rings. The third-order valence-corrected chi connectivity index (χ3v) is 4.07. The predicted octanol–water partition coefficient (Wildman–Crippen LogP) is 3.52. The molecule has 1 aromatic rings. The zero-order valence-corrected chi connectivity index (χ0v) is 13.4. The van der Waals surface area contributed by atoms with Gasteiger partial charge in [0.15, 0.2) is 0 Å². The van der Waals surface area contributed by atoms with Crippen LogP contribution in [0.25, 0.3) is 0 Å². The summed E-state index contributed by atoms with van der Waals surface area (Å²) in [6, 6.07) is 4.84. The standard InChI is InChI=1S/C17H23F3N2O/c1-11(2)8-15(22-16(23)13-6-7-21-10-13)12-4-3-5-14(9-12)17(18,19)20/h3-5,9,11,13,15,21H,6-8,10H2,1-2H3,(H,22,23). The summed E-state index contributed by atoms with van der Waals surface area (Å²) in [6.07, 6.45) is -3.01. The molecule has 2 rings (SSSR count). The van der Waals surface area contributed by atoms with Crippen molar-refractivity contribution in [2.75, 3.05) is 13.1 Å². The molecule has 3 nitrogen and oxygen atoms in total. The van der Waals surface area contributed by atoms with Crippen LogP contribution < -0.4 is 10.6 Å². The van der Waals surface area contributed by atoms with Gasteiger partial charge in [-0.05, 0) is 43.0 Å². The van der Waals surface area contributed by atoms with Crippen molar-refractivity contribution in [2.24, 2.45) is 11.8 Å². The normalized spacial score (nSPS) is 19.8. The van der Waals surface area contributed by atoms with Crippen LogP contribution in [0.2, 0.25) is 0 Å². The van der Waals surface area contributed by atoms with E-state index in [4.69, 9.17) is 0 Å². The van der Waals surface area contributed by atoms with Crippen LogP contribution in [0, 0.1) is 11.8 Å². The molecule has 0 radical (unpaired) electrons. The number of amides is 1. The van der Waals surface area contributed by atoms with E-state index < -0.39 is 17.8 Å². The first kappa shape index (κ1) is 17.8. The molecule has 1 heterocycles. The highest BCUT2D eigenvalue weighted by molar-refractivity contribution is 5.79. The molecule has 1 saturated heterocycles. The van der Waals surface area contributed by atoms with E-state index in [9.17, 15) is 18.0 Å². The molecule has 2 N–H and O–H groups in total. The van der Waals surface area contributed by atoms with Gasteiger partial charge in [0.05, 0.1) is 17.5 Å². The largest absolute Gasteiger partial charge is 0.416 e. The number of hydrogen-bond acceptors (Lipinski definition) is 2. The van der Waals surface area contributed by atoms with Crippen LogP contribution in [-0.4, -0.2) is 19.0 Å². The monoisotopic (exact) mass is 328 g/mol. The minimum Gasteiger partial charge on any atom is -0.349 e.